The van der Waals surface area contributed by atoms with Gasteiger partial charge in [-0.3, -0.25) is 4.79 Å². The summed E-state index contributed by atoms with van der Waals surface area (Å²) in [4.78, 5) is 11.8. The lowest BCUT2D eigenvalue weighted by Gasteiger charge is -2.15. The molecule has 1 atom stereocenters. The van der Waals surface area contributed by atoms with Crippen molar-refractivity contribution in [2.45, 2.75) is 25.6 Å². The van der Waals surface area contributed by atoms with Crippen molar-refractivity contribution in [1.82, 2.24) is 0 Å². The van der Waals surface area contributed by atoms with Crippen molar-refractivity contribution in [2.24, 2.45) is 5.73 Å². The van der Waals surface area contributed by atoms with Gasteiger partial charge in [-0.15, -0.1) is 0 Å². The number of anilines is 1. The first-order valence-electron chi connectivity index (χ1n) is 6.32. The molecule has 5 nitrogen and oxygen atoms in total. The zero-order chi connectivity index (χ0) is 17.1. The number of nitrogens with two attached hydrogens (primary N) is 1. The molecule has 1 unspecified atom stereocenters. The SMILES string of the molecule is Cc1ccc(NC(=O)C(N)CCS(C)(=O)=O)cc1C(F)(F)F. The van der Waals surface area contributed by atoms with Gasteiger partial charge in [0.1, 0.15) is 9.84 Å². The number of hydrogen-bond donors (Lipinski definition) is 2. The van der Waals surface area contributed by atoms with Gasteiger partial charge in [0.15, 0.2) is 0 Å². The fourth-order valence-electron chi connectivity index (χ4n) is 1.71. The van der Waals surface area contributed by atoms with Crippen molar-refractivity contribution < 1.29 is 26.4 Å². The molecule has 0 radical (unpaired) electrons. The van der Waals surface area contributed by atoms with E-state index in [4.69, 9.17) is 5.73 Å². The highest BCUT2D eigenvalue weighted by molar-refractivity contribution is 7.90. The maximum atomic E-state index is 12.8. The van der Waals surface area contributed by atoms with Crippen LogP contribution < -0.4 is 11.1 Å². The summed E-state index contributed by atoms with van der Waals surface area (Å²) in [6, 6.07) is 2.26. The Bertz CT molecular complexity index is 657. The Hall–Kier alpha value is -1.61. The van der Waals surface area contributed by atoms with Gasteiger partial charge in [-0.05, 0) is 31.0 Å². The van der Waals surface area contributed by atoms with Crippen molar-refractivity contribution in [3.8, 4) is 0 Å². The van der Waals surface area contributed by atoms with Gasteiger partial charge in [0.25, 0.3) is 0 Å². The molecule has 0 aromatic heterocycles. The molecule has 0 heterocycles. The third-order valence-corrected chi connectivity index (χ3v) is 3.92. The molecule has 22 heavy (non-hydrogen) atoms. The number of carbonyl (C=O) groups excluding carboxylic acids is 1. The number of amides is 1. The maximum absolute atomic E-state index is 12.8. The quantitative estimate of drug-likeness (QED) is 0.855. The van der Waals surface area contributed by atoms with E-state index < -0.39 is 33.5 Å². The van der Waals surface area contributed by atoms with Gasteiger partial charge in [0, 0.05) is 11.9 Å². The molecular weight excluding hydrogens is 321 g/mol. The molecule has 0 aliphatic rings. The molecule has 124 valence electrons. The van der Waals surface area contributed by atoms with Gasteiger partial charge in [-0.2, -0.15) is 13.2 Å². The van der Waals surface area contributed by atoms with Crippen molar-refractivity contribution in [1.29, 1.82) is 0 Å². The zero-order valence-corrected chi connectivity index (χ0v) is 12.9. The van der Waals surface area contributed by atoms with Crippen LogP contribution in [0.1, 0.15) is 17.5 Å². The Labute approximate surface area is 126 Å². The molecule has 1 rings (SSSR count). The van der Waals surface area contributed by atoms with Gasteiger partial charge in [-0.1, -0.05) is 6.07 Å². The number of rotatable bonds is 5. The number of alkyl halides is 3. The van der Waals surface area contributed by atoms with Gasteiger partial charge in [0.2, 0.25) is 5.91 Å². The Morgan fingerprint density at radius 3 is 2.45 bits per heavy atom. The molecule has 1 amide bonds. The van der Waals surface area contributed by atoms with Crippen molar-refractivity contribution in [3.05, 3.63) is 29.3 Å². The smallest absolute Gasteiger partial charge is 0.325 e. The standard InChI is InChI=1S/C13H17F3N2O3S/c1-8-3-4-9(7-10(8)13(14,15)16)18-12(19)11(17)5-6-22(2,20)21/h3-4,7,11H,5-6,17H2,1-2H3,(H,18,19). The number of aryl methyl sites for hydroxylation is 1. The van der Waals surface area contributed by atoms with E-state index in [1.807, 2.05) is 0 Å². The van der Waals surface area contributed by atoms with E-state index in [1.54, 1.807) is 0 Å². The second-order valence-corrected chi connectivity index (χ2v) is 7.30. The number of benzene rings is 1. The summed E-state index contributed by atoms with van der Waals surface area (Å²) in [5.74, 6) is -1.01. The van der Waals surface area contributed by atoms with Crippen LogP contribution in [0.2, 0.25) is 0 Å². The predicted octanol–water partition coefficient (Wildman–Crippen LogP) is 1.71. The van der Waals surface area contributed by atoms with Crippen LogP contribution in [0.3, 0.4) is 0 Å². The van der Waals surface area contributed by atoms with Crippen LogP contribution in [0.25, 0.3) is 0 Å². The zero-order valence-electron chi connectivity index (χ0n) is 12.1. The highest BCUT2D eigenvalue weighted by Gasteiger charge is 2.32. The second-order valence-electron chi connectivity index (χ2n) is 5.04. The summed E-state index contributed by atoms with van der Waals surface area (Å²) in [7, 11) is -3.27. The first-order valence-corrected chi connectivity index (χ1v) is 8.38. The molecule has 0 aliphatic carbocycles. The molecule has 0 aliphatic heterocycles. The average Bonchev–Trinajstić information content (AvgIpc) is 2.35. The number of hydrogen-bond acceptors (Lipinski definition) is 4. The van der Waals surface area contributed by atoms with Crippen molar-refractivity contribution >= 4 is 21.4 Å². The summed E-state index contributed by atoms with van der Waals surface area (Å²) in [6.45, 7) is 1.31. The first-order chi connectivity index (χ1) is 9.90. The molecule has 3 N–H and O–H groups in total. The molecule has 0 fully saturated rings. The van der Waals surface area contributed by atoms with Gasteiger partial charge >= 0.3 is 6.18 Å². The number of halogens is 3. The van der Waals surface area contributed by atoms with Gasteiger partial charge in [-0.25, -0.2) is 8.42 Å². The largest absolute Gasteiger partial charge is 0.416 e. The average molecular weight is 338 g/mol. The maximum Gasteiger partial charge on any atom is 0.416 e. The van der Waals surface area contributed by atoms with Gasteiger partial charge in [0.05, 0.1) is 17.4 Å². The van der Waals surface area contributed by atoms with E-state index in [2.05, 4.69) is 5.32 Å². The number of carbonyl (C=O) groups is 1. The molecule has 0 bridgehead atoms. The minimum atomic E-state index is -4.52. The van der Waals surface area contributed by atoms with E-state index in [9.17, 15) is 26.4 Å². The van der Waals surface area contributed by atoms with E-state index in [-0.39, 0.29) is 23.4 Å². The van der Waals surface area contributed by atoms with Crippen molar-refractivity contribution in [2.75, 3.05) is 17.3 Å². The molecule has 0 spiro atoms. The topological polar surface area (TPSA) is 89.3 Å². The second kappa shape index (κ2) is 6.66. The fraction of sp³-hybridized carbons (Fsp3) is 0.462. The van der Waals surface area contributed by atoms with E-state index in [0.29, 0.717) is 0 Å². The molecule has 1 aromatic rings. The van der Waals surface area contributed by atoms with Crippen LogP contribution in [0.15, 0.2) is 18.2 Å². The number of nitrogens with one attached hydrogen (secondary N) is 1. The van der Waals surface area contributed by atoms with Crippen LogP contribution in [-0.4, -0.2) is 32.4 Å². The Morgan fingerprint density at radius 1 is 1.36 bits per heavy atom. The third-order valence-electron chi connectivity index (χ3n) is 2.95. The summed E-state index contributed by atoms with van der Waals surface area (Å²) >= 11 is 0. The minimum Gasteiger partial charge on any atom is -0.325 e. The minimum absolute atomic E-state index is 0.0341. The lowest BCUT2D eigenvalue weighted by molar-refractivity contribution is -0.138. The van der Waals surface area contributed by atoms with Crippen LogP contribution in [0, 0.1) is 6.92 Å². The van der Waals surface area contributed by atoms with E-state index in [1.165, 1.54) is 19.1 Å². The highest BCUT2D eigenvalue weighted by atomic mass is 32.2. The summed E-state index contributed by atoms with van der Waals surface area (Å²) in [5, 5.41) is 2.26. The Morgan fingerprint density at radius 2 is 1.95 bits per heavy atom. The monoisotopic (exact) mass is 338 g/mol. The molecule has 9 heteroatoms. The molecule has 0 saturated carbocycles. The predicted molar refractivity (Wildman–Crippen MR) is 77.1 cm³/mol. The first kappa shape index (κ1) is 18.4. The summed E-state index contributed by atoms with van der Waals surface area (Å²) < 4.78 is 60.3. The van der Waals surface area contributed by atoms with Crippen LogP contribution in [-0.2, 0) is 20.8 Å². The van der Waals surface area contributed by atoms with Crippen LogP contribution >= 0.6 is 0 Å². The van der Waals surface area contributed by atoms with Crippen molar-refractivity contribution in [3.63, 3.8) is 0 Å². The summed E-state index contributed by atoms with van der Waals surface area (Å²) in [6.07, 6.45) is -3.63. The fourth-order valence-corrected chi connectivity index (χ4v) is 2.39. The number of sulfone groups is 1. The lowest BCUT2D eigenvalue weighted by Crippen LogP contribution is -2.37. The van der Waals surface area contributed by atoms with Crippen LogP contribution in [0.5, 0.6) is 0 Å². The highest BCUT2D eigenvalue weighted by Crippen LogP contribution is 2.33. The third kappa shape index (κ3) is 5.64. The Balaban J connectivity index is 2.80. The molecule has 0 saturated heterocycles. The molecule has 1 aromatic carbocycles. The van der Waals surface area contributed by atoms with E-state index >= 15 is 0 Å². The van der Waals surface area contributed by atoms with E-state index in [0.717, 1.165) is 12.3 Å². The summed E-state index contributed by atoms with van der Waals surface area (Å²) in [5.41, 5.74) is 4.67. The normalized spacial score (nSPS) is 13.7. The van der Waals surface area contributed by atoms with Gasteiger partial charge < -0.3 is 11.1 Å². The lowest BCUT2D eigenvalue weighted by atomic mass is 10.1. The Kier molecular flexibility index (Phi) is 5.58. The molecular formula is C13H17F3N2O3S. The van der Waals surface area contributed by atoms with Crippen LogP contribution in [0.4, 0.5) is 18.9 Å².